The molecule has 0 N–H and O–H groups in total. The van der Waals surface area contributed by atoms with E-state index in [2.05, 4.69) is 12.6 Å². The Balaban J connectivity index is 1.71. The molecule has 2 fully saturated rings. The minimum atomic E-state index is 1.07. The van der Waals surface area contributed by atoms with Crippen LogP contribution in [0.2, 0.25) is 0 Å². The second kappa shape index (κ2) is 6.18. The Bertz CT molecular complexity index is 176. The van der Waals surface area contributed by atoms with Gasteiger partial charge in [-0.2, -0.15) is 12.6 Å². The van der Waals surface area contributed by atoms with Crippen molar-refractivity contribution in [3.8, 4) is 0 Å². The lowest BCUT2D eigenvalue weighted by molar-refractivity contribution is 0.124. The van der Waals surface area contributed by atoms with Gasteiger partial charge in [-0.25, -0.2) is 0 Å². The van der Waals surface area contributed by atoms with Gasteiger partial charge in [0, 0.05) is 0 Å². The normalized spacial score (nSPS) is 36.2. The number of fused-ring (bicyclic) bond motifs is 1. The molecule has 0 radical (unpaired) electrons. The topological polar surface area (TPSA) is 0 Å². The molecule has 2 aliphatic rings. The second-order valence-electron chi connectivity index (χ2n) is 5.70. The van der Waals surface area contributed by atoms with Crippen molar-refractivity contribution >= 4 is 12.6 Å². The van der Waals surface area contributed by atoms with Crippen LogP contribution in [0.1, 0.15) is 64.2 Å². The fraction of sp³-hybridized carbons (Fsp3) is 1.00. The molecular formula is C14H26S. The minimum absolute atomic E-state index is 1.07. The first-order valence-corrected chi connectivity index (χ1v) is 7.64. The van der Waals surface area contributed by atoms with Crippen LogP contribution in [0.25, 0.3) is 0 Å². The van der Waals surface area contributed by atoms with E-state index in [1.54, 1.807) is 25.7 Å². The summed E-state index contributed by atoms with van der Waals surface area (Å²) in [6.07, 6.45) is 15.0. The molecule has 0 heterocycles. The molecule has 1 heteroatoms. The lowest BCUT2D eigenvalue weighted by atomic mass is 9.67. The maximum atomic E-state index is 4.29. The lowest BCUT2D eigenvalue weighted by Gasteiger charge is -2.39. The molecule has 2 saturated carbocycles. The Hall–Kier alpha value is 0.350. The van der Waals surface area contributed by atoms with Crippen molar-refractivity contribution in [3.05, 3.63) is 0 Å². The number of rotatable bonds is 4. The molecule has 0 amide bonds. The van der Waals surface area contributed by atoms with Gasteiger partial charge in [0.25, 0.3) is 0 Å². The average Bonchev–Trinajstić information content (AvgIpc) is 2.29. The zero-order chi connectivity index (χ0) is 10.5. The van der Waals surface area contributed by atoms with Crippen molar-refractivity contribution in [2.75, 3.05) is 5.75 Å². The molecule has 2 aliphatic carbocycles. The summed E-state index contributed by atoms with van der Waals surface area (Å²) >= 11 is 4.29. The molecule has 0 bridgehead atoms. The van der Waals surface area contributed by atoms with Gasteiger partial charge in [-0.05, 0) is 42.8 Å². The van der Waals surface area contributed by atoms with Gasteiger partial charge in [-0.15, -0.1) is 0 Å². The van der Waals surface area contributed by atoms with E-state index >= 15 is 0 Å². The summed E-state index contributed by atoms with van der Waals surface area (Å²) in [4.78, 5) is 0. The highest BCUT2D eigenvalue weighted by Crippen LogP contribution is 2.43. The summed E-state index contributed by atoms with van der Waals surface area (Å²) in [5.74, 6) is 4.40. The van der Waals surface area contributed by atoms with Crippen LogP contribution < -0.4 is 0 Å². The summed E-state index contributed by atoms with van der Waals surface area (Å²) in [6, 6.07) is 0. The molecule has 0 aliphatic heterocycles. The Morgan fingerprint density at radius 1 is 0.867 bits per heavy atom. The first kappa shape index (κ1) is 11.8. The van der Waals surface area contributed by atoms with Crippen molar-refractivity contribution in [1.29, 1.82) is 0 Å². The van der Waals surface area contributed by atoms with E-state index in [1.807, 2.05) is 0 Å². The summed E-state index contributed by atoms with van der Waals surface area (Å²) in [5, 5.41) is 0. The van der Waals surface area contributed by atoms with Gasteiger partial charge in [-0.1, -0.05) is 44.9 Å². The lowest BCUT2D eigenvalue weighted by Crippen LogP contribution is -2.27. The number of thiol groups is 1. The average molecular weight is 226 g/mol. The van der Waals surface area contributed by atoms with E-state index in [9.17, 15) is 0 Å². The van der Waals surface area contributed by atoms with E-state index in [1.165, 1.54) is 38.5 Å². The van der Waals surface area contributed by atoms with Crippen LogP contribution in [-0.4, -0.2) is 5.75 Å². The Kier molecular flexibility index (Phi) is 4.87. The summed E-state index contributed by atoms with van der Waals surface area (Å²) in [7, 11) is 0. The molecule has 3 atom stereocenters. The predicted molar refractivity (Wildman–Crippen MR) is 70.5 cm³/mol. The van der Waals surface area contributed by atoms with E-state index in [4.69, 9.17) is 0 Å². The van der Waals surface area contributed by atoms with Crippen LogP contribution in [0.3, 0.4) is 0 Å². The number of unbranched alkanes of at least 4 members (excludes halogenated alkanes) is 1. The van der Waals surface area contributed by atoms with Gasteiger partial charge in [-0.3, -0.25) is 0 Å². The van der Waals surface area contributed by atoms with E-state index < -0.39 is 0 Å². The van der Waals surface area contributed by atoms with Gasteiger partial charge in [0.1, 0.15) is 0 Å². The predicted octanol–water partition coefficient (Wildman–Crippen LogP) is 4.69. The molecule has 0 saturated heterocycles. The highest BCUT2D eigenvalue weighted by Gasteiger charge is 2.31. The zero-order valence-corrected chi connectivity index (χ0v) is 10.9. The van der Waals surface area contributed by atoms with Crippen molar-refractivity contribution in [3.63, 3.8) is 0 Å². The SMILES string of the molecule is SCCCCC1CCC2CCCCC2C1. The minimum Gasteiger partial charge on any atom is -0.179 e. The standard InChI is InChI=1S/C14H26S/c15-10-4-3-5-12-8-9-13-6-1-2-7-14(13)11-12/h12-15H,1-11H2. The van der Waals surface area contributed by atoms with Crippen molar-refractivity contribution in [2.24, 2.45) is 17.8 Å². The van der Waals surface area contributed by atoms with Gasteiger partial charge in [0.05, 0.1) is 0 Å². The smallest absolute Gasteiger partial charge is 0.00979 e. The van der Waals surface area contributed by atoms with Crippen LogP contribution in [0.4, 0.5) is 0 Å². The van der Waals surface area contributed by atoms with Crippen LogP contribution in [0, 0.1) is 17.8 Å². The largest absolute Gasteiger partial charge is 0.179 e. The third-order valence-electron chi connectivity index (χ3n) is 4.67. The Labute approximate surface area is 101 Å². The van der Waals surface area contributed by atoms with Crippen molar-refractivity contribution < 1.29 is 0 Å². The molecular weight excluding hydrogens is 200 g/mol. The monoisotopic (exact) mass is 226 g/mol. The first-order valence-electron chi connectivity index (χ1n) is 7.01. The van der Waals surface area contributed by atoms with Gasteiger partial charge >= 0.3 is 0 Å². The van der Waals surface area contributed by atoms with E-state index in [-0.39, 0.29) is 0 Å². The first-order chi connectivity index (χ1) is 7.40. The van der Waals surface area contributed by atoms with Crippen molar-refractivity contribution in [1.82, 2.24) is 0 Å². The highest BCUT2D eigenvalue weighted by molar-refractivity contribution is 7.80. The third-order valence-corrected chi connectivity index (χ3v) is 4.98. The van der Waals surface area contributed by atoms with Crippen molar-refractivity contribution in [2.45, 2.75) is 64.2 Å². The molecule has 2 rings (SSSR count). The summed E-state index contributed by atoms with van der Waals surface area (Å²) in [6.45, 7) is 0. The molecule has 0 nitrogen and oxygen atoms in total. The molecule has 0 aromatic rings. The molecule has 0 aromatic carbocycles. The second-order valence-corrected chi connectivity index (χ2v) is 6.15. The fourth-order valence-electron chi connectivity index (χ4n) is 3.78. The Morgan fingerprint density at radius 2 is 1.67 bits per heavy atom. The fourth-order valence-corrected chi connectivity index (χ4v) is 4.00. The maximum Gasteiger partial charge on any atom is -0.00979 e. The molecule has 0 spiro atoms. The molecule has 0 aromatic heterocycles. The maximum absolute atomic E-state index is 4.29. The van der Waals surface area contributed by atoms with Crippen LogP contribution >= 0.6 is 12.6 Å². The van der Waals surface area contributed by atoms with Gasteiger partial charge in [0.2, 0.25) is 0 Å². The van der Waals surface area contributed by atoms with Gasteiger partial charge in [0.15, 0.2) is 0 Å². The Morgan fingerprint density at radius 3 is 2.47 bits per heavy atom. The van der Waals surface area contributed by atoms with Gasteiger partial charge < -0.3 is 0 Å². The number of hydrogen-bond donors (Lipinski definition) is 1. The van der Waals surface area contributed by atoms with Crippen LogP contribution in [-0.2, 0) is 0 Å². The molecule has 15 heavy (non-hydrogen) atoms. The summed E-state index contributed by atoms with van der Waals surface area (Å²) < 4.78 is 0. The quantitative estimate of drug-likeness (QED) is 0.521. The molecule has 88 valence electrons. The zero-order valence-electron chi connectivity index (χ0n) is 9.96. The van der Waals surface area contributed by atoms with Crippen LogP contribution in [0.5, 0.6) is 0 Å². The third kappa shape index (κ3) is 3.41. The molecule has 3 unspecified atom stereocenters. The van der Waals surface area contributed by atoms with E-state index in [0.29, 0.717) is 0 Å². The summed E-state index contributed by atoms with van der Waals surface area (Å²) in [5.41, 5.74) is 0. The number of hydrogen-bond acceptors (Lipinski definition) is 1. The highest BCUT2D eigenvalue weighted by atomic mass is 32.1. The van der Waals surface area contributed by atoms with Crippen LogP contribution in [0.15, 0.2) is 0 Å². The van der Waals surface area contributed by atoms with E-state index in [0.717, 1.165) is 23.5 Å².